The summed E-state index contributed by atoms with van der Waals surface area (Å²) in [5, 5.41) is 0.606. The van der Waals surface area contributed by atoms with E-state index in [0.29, 0.717) is 55.2 Å². The van der Waals surface area contributed by atoms with Gasteiger partial charge in [0.15, 0.2) is 0 Å². The number of hydrogen-bond donors (Lipinski definition) is 0. The van der Waals surface area contributed by atoms with Crippen molar-refractivity contribution in [3.63, 3.8) is 0 Å². The van der Waals surface area contributed by atoms with Crippen LogP contribution in [0, 0.1) is 0 Å². The Bertz CT molecular complexity index is 1330. The molecule has 0 saturated carbocycles. The van der Waals surface area contributed by atoms with E-state index in [1.807, 2.05) is 60.0 Å². The van der Waals surface area contributed by atoms with Crippen LogP contribution in [-0.2, 0) is 14.3 Å². The second-order valence-corrected chi connectivity index (χ2v) is 10.1. The molecular weight excluding hydrogens is 528 g/mol. The Labute approximate surface area is 240 Å². The zero-order valence-electron chi connectivity index (χ0n) is 23.1. The van der Waals surface area contributed by atoms with Crippen molar-refractivity contribution in [2.45, 2.75) is 58.5 Å². The van der Waals surface area contributed by atoms with E-state index in [1.165, 1.54) is 0 Å². The Hall–Kier alpha value is -3.84. The number of carbonyl (C=O) groups excluding carboxylic acids is 3. The number of carbonyl (C=O) groups is 3. The highest BCUT2D eigenvalue weighted by atomic mass is 35.5. The van der Waals surface area contributed by atoms with Gasteiger partial charge < -0.3 is 19.3 Å². The van der Waals surface area contributed by atoms with E-state index in [1.54, 1.807) is 43.3 Å². The van der Waals surface area contributed by atoms with Gasteiger partial charge in [-0.15, -0.1) is 0 Å². The first-order chi connectivity index (χ1) is 19.3. The molecule has 0 bridgehead atoms. The first-order valence-electron chi connectivity index (χ1n) is 13.7. The molecule has 2 unspecified atom stereocenters. The largest absolute Gasteiger partial charge is 0.494 e. The number of rotatable bonds is 10. The fourth-order valence-corrected chi connectivity index (χ4v) is 5.20. The summed E-state index contributed by atoms with van der Waals surface area (Å²) in [6.45, 7) is 6.39. The van der Waals surface area contributed by atoms with Crippen LogP contribution in [0.1, 0.15) is 68.4 Å². The lowest BCUT2D eigenvalue weighted by Gasteiger charge is -2.43. The molecule has 0 radical (unpaired) electrons. The molecule has 0 aromatic heterocycles. The molecule has 8 heteroatoms. The maximum Gasteiger partial charge on any atom is 0.305 e. The first-order valence-corrected chi connectivity index (χ1v) is 14.1. The van der Waals surface area contributed by atoms with Crippen LogP contribution in [0.5, 0.6) is 5.75 Å². The maximum atomic E-state index is 13.8. The van der Waals surface area contributed by atoms with Gasteiger partial charge in [0.1, 0.15) is 5.75 Å². The van der Waals surface area contributed by atoms with Gasteiger partial charge in [-0.1, -0.05) is 36.7 Å². The van der Waals surface area contributed by atoms with E-state index < -0.39 is 0 Å². The molecule has 2 amide bonds. The normalized spacial score (nSPS) is 16.1. The lowest BCUT2D eigenvalue weighted by Crippen LogP contribution is -2.47. The third-order valence-corrected chi connectivity index (χ3v) is 7.22. The average molecular weight is 563 g/mol. The van der Waals surface area contributed by atoms with Crippen molar-refractivity contribution in [1.29, 1.82) is 0 Å². The van der Waals surface area contributed by atoms with Crippen LogP contribution < -0.4 is 14.5 Å². The van der Waals surface area contributed by atoms with E-state index in [4.69, 9.17) is 21.1 Å². The Morgan fingerprint density at radius 1 is 0.975 bits per heavy atom. The Balaban J connectivity index is 1.54. The number of amides is 2. The minimum absolute atomic E-state index is 0.00643. The maximum absolute atomic E-state index is 13.8. The molecule has 0 N–H and O–H groups in total. The van der Waals surface area contributed by atoms with E-state index in [-0.39, 0.29) is 29.9 Å². The molecule has 1 heterocycles. The van der Waals surface area contributed by atoms with Crippen LogP contribution in [0.4, 0.5) is 11.4 Å². The third kappa shape index (κ3) is 6.65. The van der Waals surface area contributed by atoms with Crippen molar-refractivity contribution in [2.75, 3.05) is 23.0 Å². The van der Waals surface area contributed by atoms with Crippen molar-refractivity contribution in [2.24, 2.45) is 0 Å². The summed E-state index contributed by atoms with van der Waals surface area (Å²) in [4.78, 5) is 42.1. The smallest absolute Gasteiger partial charge is 0.305 e. The molecule has 1 aliphatic rings. The molecular formula is C32H35ClN2O5. The van der Waals surface area contributed by atoms with Crippen LogP contribution in [0.25, 0.3) is 0 Å². The summed E-state index contributed by atoms with van der Waals surface area (Å²) in [7, 11) is 0. The summed E-state index contributed by atoms with van der Waals surface area (Å²) in [6, 6.07) is 21.7. The van der Waals surface area contributed by atoms with Gasteiger partial charge in [-0.25, -0.2) is 0 Å². The van der Waals surface area contributed by atoms with Gasteiger partial charge in [-0.2, -0.15) is 0 Å². The molecule has 2 atom stereocenters. The number of nitrogens with zero attached hydrogens (tertiary/aromatic N) is 2. The number of hydrogen-bond acceptors (Lipinski definition) is 5. The lowest BCUT2D eigenvalue weighted by atomic mass is 9.89. The van der Waals surface area contributed by atoms with E-state index in [0.717, 1.165) is 16.9 Å². The molecule has 0 aliphatic carbocycles. The van der Waals surface area contributed by atoms with Crippen molar-refractivity contribution >= 4 is 40.8 Å². The topological polar surface area (TPSA) is 76.2 Å². The van der Waals surface area contributed by atoms with Gasteiger partial charge in [-0.05, 0) is 86.8 Å². The van der Waals surface area contributed by atoms with Crippen LogP contribution in [0.3, 0.4) is 0 Å². The number of fused-ring (bicyclic) bond motifs is 1. The molecule has 210 valence electrons. The fourth-order valence-electron chi connectivity index (χ4n) is 5.08. The predicted octanol–water partition coefficient (Wildman–Crippen LogP) is 6.99. The van der Waals surface area contributed by atoms with Crippen molar-refractivity contribution < 1.29 is 23.9 Å². The molecule has 0 saturated heterocycles. The lowest BCUT2D eigenvalue weighted by molar-refractivity contribution is -0.143. The van der Waals surface area contributed by atoms with Crippen LogP contribution >= 0.6 is 11.6 Å². The summed E-state index contributed by atoms with van der Waals surface area (Å²) in [6.07, 6.45) is 1.79. The van der Waals surface area contributed by atoms with Gasteiger partial charge in [0, 0.05) is 40.8 Å². The van der Waals surface area contributed by atoms with Gasteiger partial charge in [-0.3, -0.25) is 14.4 Å². The molecule has 4 rings (SSSR count). The molecule has 3 aromatic rings. The average Bonchev–Trinajstić information content (AvgIpc) is 2.96. The summed E-state index contributed by atoms with van der Waals surface area (Å²) < 4.78 is 10.7. The molecule has 40 heavy (non-hydrogen) atoms. The number of ether oxygens (including phenoxy) is 2. The van der Waals surface area contributed by atoms with Gasteiger partial charge >= 0.3 is 5.97 Å². The second kappa shape index (κ2) is 13.5. The summed E-state index contributed by atoms with van der Waals surface area (Å²) >= 11 is 6.12. The van der Waals surface area contributed by atoms with E-state index >= 15 is 0 Å². The predicted molar refractivity (Wildman–Crippen MR) is 157 cm³/mol. The minimum Gasteiger partial charge on any atom is -0.494 e. The fraction of sp³-hybridized carbons (Fsp3) is 0.344. The molecule has 0 spiro atoms. The summed E-state index contributed by atoms with van der Waals surface area (Å²) in [5.41, 5.74) is 3.03. The first kappa shape index (κ1) is 29.2. The van der Waals surface area contributed by atoms with Gasteiger partial charge in [0.2, 0.25) is 5.91 Å². The zero-order valence-corrected chi connectivity index (χ0v) is 23.9. The highest BCUT2D eigenvalue weighted by Gasteiger charge is 2.38. The van der Waals surface area contributed by atoms with E-state index in [2.05, 4.69) is 0 Å². The molecule has 1 aliphatic heterocycles. The number of halogens is 1. The number of anilines is 2. The second-order valence-electron chi connectivity index (χ2n) is 9.71. The quantitative estimate of drug-likeness (QED) is 0.197. The number of esters is 1. The van der Waals surface area contributed by atoms with Crippen molar-refractivity contribution in [3.05, 3.63) is 88.9 Å². The molecule has 0 fully saturated rings. The summed E-state index contributed by atoms with van der Waals surface area (Å²) in [5.74, 6) is 0.281. The van der Waals surface area contributed by atoms with Crippen molar-refractivity contribution in [1.82, 2.24) is 0 Å². The monoisotopic (exact) mass is 562 g/mol. The van der Waals surface area contributed by atoms with Crippen LogP contribution in [0.15, 0.2) is 72.8 Å². The molecule has 3 aromatic carbocycles. The SMILES string of the molecule is CCOC(=O)CCCOc1ccc(C(=O)N2c3ccccc3C(N(C(=O)CC)c3ccc(Cl)cc3)CC2C)cc1. The Morgan fingerprint density at radius 2 is 1.68 bits per heavy atom. The standard InChI is InChI=1S/C32H35ClN2O5/c1-4-30(36)35(25-16-14-24(33)15-17-25)29-21-22(3)34(28-10-7-6-9-27(28)29)32(38)23-12-18-26(19-13-23)40-20-8-11-31(37)39-5-2/h6-7,9-10,12-19,22,29H,4-5,8,11,20-21H2,1-3H3. The van der Waals surface area contributed by atoms with Crippen LogP contribution in [0.2, 0.25) is 5.02 Å². The van der Waals surface area contributed by atoms with Gasteiger partial charge in [0.05, 0.1) is 19.3 Å². The molecule has 7 nitrogen and oxygen atoms in total. The Morgan fingerprint density at radius 3 is 2.35 bits per heavy atom. The minimum atomic E-state index is -0.236. The Kier molecular flexibility index (Phi) is 9.83. The number of para-hydroxylation sites is 1. The van der Waals surface area contributed by atoms with Gasteiger partial charge in [0.25, 0.3) is 5.91 Å². The van der Waals surface area contributed by atoms with Crippen LogP contribution in [-0.4, -0.2) is 37.0 Å². The van der Waals surface area contributed by atoms with Crippen molar-refractivity contribution in [3.8, 4) is 5.75 Å². The third-order valence-electron chi connectivity index (χ3n) is 6.97. The van der Waals surface area contributed by atoms with E-state index in [9.17, 15) is 14.4 Å². The number of benzene rings is 3. The highest BCUT2D eigenvalue weighted by Crippen LogP contribution is 2.43. The zero-order chi connectivity index (χ0) is 28.6. The highest BCUT2D eigenvalue weighted by molar-refractivity contribution is 6.30.